The molecule has 20 heavy (non-hydrogen) atoms. The van der Waals surface area contributed by atoms with Crippen molar-refractivity contribution in [1.82, 2.24) is 0 Å². The minimum absolute atomic E-state index is 0.201. The number of halogens is 2. The monoisotopic (exact) mass is 345 g/mol. The Balaban J connectivity index is 2.07. The summed E-state index contributed by atoms with van der Waals surface area (Å²) in [6.45, 7) is 0. The van der Waals surface area contributed by atoms with Crippen LogP contribution in [0.3, 0.4) is 0 Å². The van der Waals surface area contributed by atoms with E-state index in [2.05, 4.69) is 46.3 Å². The molecule has 0 aromatic heterocycles. The number of hydrogen-bond donors (Lipinski definition) is 1. The molecule has 3 aromatic rings. The van der Waals surface area contributed by atoms with E-state index >= 15 is 0 Å². The molecule has 0 aliphatic carbocycles. The van der Waals surface area contributed by atoms with Gasteiger partial charge in [0.1, 0.15) is 0 Å². The van der Waals surface area contributed by atoms with Crippen molar-refractivity contribution in [3.05, 3.63) is 81.3 Å². The molecule has 0 fully saturated rings. The Morgan fingerprint density at radius 2 is 1.65 bits per heavy atom. The molecule has 0 radical (unpaired) electrons. The molecule has 0 aliphatic heterocycles. The van der Waals surface area contributed by atoms with E-state index in [1.165, 1.54) is 10.8 Å². The number of rotatable bonds is 2. The van der Waals surface area contributed by atoms with Crippen molar-refractivity contribution in [2.75, 3.05) is 0 Å². The van der Waals surface area contributed by atoms with Crippen LogP contribution in [0.5, 0.6) is 0 Å². The van der Waals surface area contributed by atoms with E-state index in [9.17, 15) is 0 Å². The van der Waals surface area contributed by atoms with Crippen LogP contribution in [0.2, 0.25) is 5.02 Å². The van der Waals surface area contributed by atoms with Gasteiger partial charge in [-0.05, 0) is 46.2 Å². The molecule has 0 amide bonds. The molecule has 0 aliphatic rings. The fourth-order valence-electron chi connectivity index (χ4n) is 2.33. The molecule has 2 N–H and O–H groups in total. The van der Waals surface area contributed by atoms with Gasteiger partial charge in [0.15, 0.2) is 0 Å². The van der Waals surface area contributed by atoms with Crippen molar-refractivity contribution < 1.29 is 0 Å². The van der Waals surface area contributed by atoms with E-state index in [0.29, 0.717) is 5.02 Å². The fourth-order valence-corrected chi connectivity index (χ4v) is 3.01. The maximum absolute atomic E-state index is 6.39. The zero-order valence-corrected chi connectivity index (χ0v) is 13.0. The molecule has 3 rings (SSSR count). The van der Waals surface area contributed by atoms with E-state index in [1.807, 2.05) is 30.3 Å². The quantitative estimate of drug-likeness (QED) is 0.669. The molecule has 0 heterocycles. The van der Waals surface area contributed by atoms with Gasteiger partial charge in [0.2, 0.25) is 0 Å². The van der Waals surface area contributed by atoms with E-state index in [-0.39, 0.29) is 6.04 Å². The van der Waals surface area contributed by atoms with Gasteiger partial charge in [-0.25, -0.2) is 0 Å². The van der Waals surface area contributed by atoms with Crippen LogP contribution in [0, 0.1) is 0 Å². The van der Waals surface area contributed by atoms with Crippen molar-refractivity contribution in [3.63, 3.8) is 0 Å². The Morgan fingerprint density at radius 3 is 2.45 bits per heavy atom. The summed E-state index contributed by atoms with van der Waals surface area (Å²) in [5.74, 6) is 0. The molecule has 1 unspecified atom stereocenters. The summed E-state index contributed by atoms with van der Waals surface area (Å²) >= 11 is 9.61. The predicted octanol–water partition coefficient (Wildman–Crippen LogP) is 5.30. The van der Waals surface area contributed by atoms with Crippen LogP contribution in [0.25, 0.3) is 10.8 Å². The summed E-state index contributed by atoms with van der Waals surface area (Å²) in [5.41, 5.74) is 8.46. The van der Waals surface area contributed by atoms with Crippen molar-refractivity contribution in [3.8, 4) is 0 Å². The van der Waals surface area contributed by atoms with Crippen LogP contribution in [0.1, 0.15) is 17.2 Å². The SMILES string of the molecule is NC(c1ccc2ccccc2c1)c1cc(Cl)ccc1Br. The molecule has 0 saturated carbocycles. The lowest BCUT2D eigenvalue weighted by Crippen LogP contribution is -2.12. The average Bonchev–Trinajstić information content (AvgIpc) is 2.48. The van der Waals surface area contributed by atoms with E-state index in [1.54, 1.807) is 0 Å². The second kappa shape index (κ2) is 5.57. The van der Waals surface area contributed by atoms with Crippen LogP contribution < -0.4 is 5.73 Å². The van der Waals surface area contributed by atoms with Gasteiger partial charge in [0.25, 0.3) is 0 Å². The third-order valence-corrected chi connectivity index (χ3v) is 4.38. The molecule has 1 nitrogen and oxygen atoms in total. The summed E-state index contributed by atoms with van der Waals surface area (Å²) in [4.78, 5) is 0. The Bertz CT molecular complexity index is 770. The largest absolute Gasteiger partial charge is 0.320 e. The van der Waals surface area contributed by atoms with Crippen molar-refractivity contribution in [1.29, 1.82) is 0 Å². The van der Waals surface area contributed by atoms with Crippen molar-refractivity contribution >= 4 is 38.3 Å². The van der Waals surface area contributed by atoms with Gasteiger partial charge < -0.3 is 5.73 Å². The maximum Gasteiger partial charge on any atom is 0.0563 e. The summed E-state index contributed by atoms with van der Waals surface area (Å²) in [7, 11) is 0. The highest BCUT2D eigenvalue weighted by atomic mass is 79.9. The molecule has 0 saturated heterocycles. The fraction of sp³-hybridized carbons (Fsp3) is 0.0588. The number of hydrogen-bond acceptors (Lipinski definition) is 1. The Labute approximate surface area is 131 Å². The first-order valence-corrected chi connectivity index (χ1v) is 7.51. The maximum atomic E-state index is 6.39. The average molecular weight is 347 g/mol. The summed E-state index contributed by atoms with van der Waals surface area (Å²) in [6.07, 6.45) is 0. The lowest BCUT2D eigenvalue weighted by molar-refractivity contribution is 0.868. The van der Waals surface area contributed by atoms with Crippen LogP contribution in [0.4, 0.5) is 0 Å². The molecule has 3 aromatic carbocycles. The molecule has 0 spiro atoms. The van der Waals surface area contributed by atoms with Gasteiger partial charge in [-0.1, -0.05) is 63.9 Å². The minimum atomic E-state index is -0.201. The topological polar surface area (TPSA) is 26.0 Å². The first-order valence-electron chi connectivity index (χ1n) is 6.34. The normalized spacial score (nSPS) is 12.6. The standard InChI is InChI=1S/C17H13BrClN/c18-16-8-7-14(19)10-15(16)17(20)13-6-5-11-3-1-2-4-12(11)9-13/h1-10,17H,20H2. The summed E-state index contributed by atoms with van der Waals surface area (Å²) in [6, 6.07) is 20.1. The van der Waals surface area contributed by atoms with Crippen LogP contribution in [-0.4, -0.2) is 0 Å². The summed E-state index contributed by atoms with van der Waals surface area (Å²) in [5, 5.41) is 3.10. The third kappa shape index (κ3) is 2.59. The first kappa shape index (κ1) is 13.6. The van der Waals surface area contributed by atoms with Gasteiger partial charge in [-0.3, -0.25) is 0 Å². The lowest BCUT2D eigenvalue weighted by Gasteiger charge is -2.15. The molecular formula is C17H13BrClN. The minimum Gasteiger partial charge on any atom is -0.320 e. The first-order chi connectivity index (χ1) is 9.65. The van der Waals surface area contributed by atoms with Crippen LogP contribution >= 0.6 is 27.5 Å². The second-order valence-corrected chi connectivity index (χ2v) is 6.04. The molecule has 0 bridgehead atoms. The van der Waals surface area contributed by atoms with Crippen molar-refractivity contribution in [2.45, 2.75) is 6.04 Å². The third-order valence-electron chi connectivity index (χ3n) is 3.43. The van der Waals surface area contributed by atoms with Gasteiger partial charge in [0, 0.05) is 9.50 Å². The van der Waals surface area contributed by atoms with Gasteiger partial charge >= 0.3 is 0 Å². The van der Waals surface area contributed by atoms with E-state index < -0.39 is 0 Å². The molecule has 100 valence electrons. The Morgan fingerprint density at radius 1 is 0.900 bits per heavy atom. The van der Waals surface area contributed by atoms with Crippen molar-refractivity contribution in [2.24, 2.45) is 5.73 Å². The highest BCUT2D eigenvalue weighted by Crippen LogP contribution is 2.30. The van der Waals surface area contributed by atoms with Gasteiger partial charge in [0.05, 0.1) is 6.04 Å². The Kier molecular flexibility index (Phi) is 3.79. The van der Waals surface area contributed by atoms with Gasteiger partial charge in [-0.15, -0.1) is 0 Å². The number of benzene rings is 3. The van der Waals surface area contributed by atoms with Gasteiger partial charge in [-0.2, -0.15) is 0 Å². The number of nitrogens with two attached hydrogens (primary N) is 1. The van der Waals surface area contributed by atoms with Crippen LogP contribution in [-0.2, 0) is 0 Å². The lowest BCUT2D eigenvalue weighted by atomic mass is 9.97. The van der Waals surface area contributed by atoms with E-state index in [0.717, 1.165) is 15.6 Å². The Hall–Kier alpha value is -1.35. The summed E-state index contributed by atoms with van der Waals surface area (Å²) < 4.78 is 0.975. The second-order valence-electron chi connectivity index (χ2n) is 4.75. The predicted molar refractivity (Wildman–Crippen MR) is 89.1 cm³/mol. The van der Waals surface area contributed by atoms with E-state index in [4.69, 9.17) is 17.3 Å². The zero-order valence-electron chi connectivity index (χ0n) is 10.7. The zero-order chi connectivity index (χ0) is 14.1. The smallest absolute Gasteiger partial charge is 0.0563 e. The molecule has 3 heteroatoms. The molecular weight excluding hydrogens is 334 g/mol. The highest BCUT2D eigenvalue weighted by molar-refractivity contribution is 9.10. The molecule has 1 atom stereocenters. The highest BCUT2D eigenvalue weighted by Gasteiger charge is 2.13. The number of fused-ring (bicyclic) bond motifs is 1. The van der Waals surface area contributed by atoms with Crippen LogP contribution in [0.15, 0.2) is 65.1 Å².